The van der Waals surface area contributed by atoms with E-state index in [2.05, 4.69) is 9.97 Å². The van der Waals surface area contributed by atoms with Gasteiger partial charge >= 0.3 is 0 Å². The van der Waals surface area contributed by atoms with E-state index in [1.807, 2.05) is 25.7 Å². The third kappa shape index (κ3) is 2.42. The maximum Gasteiger partial charge on any atom is 0.273 e. The zero-order valence-electron chi connectivity index (χ0n) is 12.3. The van der Waals surface area contributed by atoms with Gasteiger partial charge in [-0.05, 0) is 40.0 Å². The predicted octanol–water partition coefficient (Wildman–Crippen LogP) is 1.52. The van der Waals surface area contributed by atoms with Crippen molar-refractivity contribution in [3.8, 4) is 0 Å². The fourth-order valence-corrected chi connectivity index (χ4v) is 3.23. The molecule has 0 aromatic carbocycles. The summed E-state index contributed by atoms with van der Waals surface area (Å²) >= 11 is 0. The average molecular weight is 275 g/mol. The van der Waals surface area contributed by atoms with Crippen molar-refractivity contribution in [2.75, 3.05) is 13.1 Å². The lowest BCUT2D eigenvalue weighted by atomic mass is 10.1. The molecule has 0 N–H and O–H groups in total. The molecule has 5 heteroatoms. The van der Waals surface area contributed by atoms with Crippen LogP contribution in [0.2, 0.25) is 0 Å². The van der Waals surface area contributed by atoms with E-state index < -0.39 is 0 Å². The number of carbonyl (C=O) groups is 1. The van der Waals surface area contributed by atoms with E-state index in [1.54, 1.807) is 0 Å². The van der Waals surface area contributed by atoms with E-state index in [0.717, 1.165) is 30.5 Å². The second-order valence-electron chi connectivity index (χ2n) is 5.87. The fourth-order valence-electron chi connectivity index (χ4n) is 3.23. The minimum absolute atomic E-state index is 0.0376. The molecule has 0 saturated carbocycles. The van der Waals surface area contributed by atoms with Crippen LogP contribution in [0.5, 0.6) is 0 Å². The maximum absolute atomic E-state index is 12.8. The van der Waals surface area contributed by atoms with Gasteiger partial charge in [0.05, 0.1) is 12.2 Å². The van der Waals surface area contributed by atoms with Crippen LogP contribution in [0, 0.1) is 6.92 Å². The van der Waals surface area contributed by atoms with Crippen molar-refractivity contribution in [1.29, 1.82) is 0 Å². The number of rotatable bonds is 1. The minimum atomic E-state index is 0.0376. The van der Waals surface area contributed by atoms with Crippen molar-refractivity contribution in [3.05, 3.63) is 22.8 Å². The Bertz CT molecular complexity index is 534. The van der Waals surface area contributed by atoms with E-state index in [-0.39, 0.29) is 18.1 Å². The van der Waals surface area contributed by atoms with E-state index >= 15 is 0 Å². The van der Waals surface area contributed by atoms with Gasteiger partial charge in [-0.3, -0.25) is 4.79 Å². The summed E-state index contributed by atoms with van der Waals surface area (Å²) < 4.78 is 5.69. The van der Waals surface area contributed by atoms with Crippen molar-refractivity contribution in [3.63, 3.8) is 0 Å². The molecule has 0 radical (unpaired) electrons. The quantitative estimate of drug-likeness (QED) is 0.780. The highest BCUT2D eigenvalue weighted by atomic mass is 16.5. The van der Waals surface area contributed by atoms with Crippen LogP contribution >= 0.6 is 0 Å². The first-order valence-electron chi connectivity index (χ1n) is 7.35. The summed E-state index contributed by atoms with van der Waals surface area (Å²) in [7, 11) is 0. The lowest BCUT2D eigenvalue weighted by molar-refractivity contribution is -0.0587. The normalized spacial score (nSPS) is 25.6. The number of hydrogen-bond acceptors (Lipinski definition) is 4. The molecule has 0 bridgehead atoms. The largest absolute Gasteiger partial charge is 0.372 e. The molecule has 1 aliphatic heterocycles. The monoisotopic (exact) mass is 275 g/mol. The number of morpholine rings is 1. The smallest absolute Gasteiger partial charge is 0.273 e. The molecule has 1 amide bonds. The molecule has 5 nitrogen and oxygen atoms in total. The molecule has 2 unspecified atom stereocenters. The summed E-state index contributed by atoms with van der Waals surface area (Å²) in [4.78, 5) is 23.5. The van der Waals surface area contributed by atoms with Crippen LogP contribution in [-0.4, -0.2) is 46.1 Å². The second kappa shape index (κ2) is 5.13. The molecule has 1 aromatic heterocycles. The Morgan fingerprint density at radius 1 is 1.20 bits per heavy atom. The van der Waals surface area contributed by atoms with Gasteiger partial charge in [0.1, 0.15) is 11.5 Å². The van der Waals surface area contributed by atoms with Crippen molar-refractivity contribution in [2.45, 2.75) is 52.2 Å². The van der Waals surface area contributed by atoms with Crippen LogP contribution in [-0.2, 0) is 17.6 Å². The summed E-state index contributed by atoms with van der Waals surface area (Å²) in [5.74, 6) is 0.735. The van der Waals surface area contributed by atoms with Crippen LogP contribution in [0.25, 0.3) is 0 Å². The van der Waals surface area contributed by atoms with Gasteiger partial charge in [0.25, 0.3) is 5.91 Å². The first-order chi connectivity index (χ1) is 9.54. The van der Waals surface area contributed by atoms with Gasteiger partial charge in [0, 0.05) is 24.3 Å². The van der Waals surface area contributed by atoms with Gasteiger partial charge in [-0.1, -0.05) is 0 Å². The zero-order chi connectivity index (χ0) is 14.3. The van der Waals surface area contributed by atoms with Crippen LogP contribution in [0.15, 0.2) is 0 Å². The van der Waals surface area contributed by atoms with Gasteiger partial charge < -0.3 is 9.64 Å². The van der Waals surface area contributed by atoms with E-state index in [9.17, 15) is 4.79 Å². The molecule has 2 atom stereocenters. The van der Waals surface area contributed by atoms with Crippen molar-refractivity contribution in [1.82, 2.24) is 14.9 Å². The Hall–Kier alpha value is -1.49. The molecular weight excluding hydrogens is 254 g/mol. The highest BCUT2D eigenvalue weighted by molar-refractivity contribution is 5.94. The number of carbonyl (C=O) groups excluding carboxylic acids is 1. The van der Waals surface area contributed by atoms with Crippen LogP contribution in [0.1, 0.15) is 47.8 Å². The third-order valence-corrected chi connectivity index (χ3v) is 3.95. The number of hydrogen-bond donors (Lipinski definition) is 0. The van der Waals surface area contributed by atoms with Crippen molar-refractivity contribution < 1.29 is 9.53 Å². The van der Waals surface area contributed by atoms with Gasteiger partial charge in [-0.25, -0.2) is 9.97 Å². The third-order valence-electron chi connectivity index (χ3n) is 3.95. The number of fused-ring (bicyclic) bond motifs is 1. The van der Waals surface area contributed by atoms with Crippen LogP contribution < -0.4 is 0 Å². The average Bonchev–Trinajstić information content (AvgIpc) is 2.83. The van der Waals surface area contributed by atoms with E-state index in [0.29, 0.717) is 24.6 Å². The summed E-state index contributed by atoms with van der Waals surface area (Å²) in [5, 5.41) is 0. The Kier molecular flexibility index (Phi) is 3.46. The van der Waals surface area contributed by atoms with Gasteiger partial charge in [-0.2, -0.15) is 0 Å². The number of amides is 1. The Morgan fingerprint density at radius 3 is 2.60 bits per heavy atom. The molecular formula is C15H21N3O2. The zero-order valence-corrected chi connectivity index (χ0v) is 12.3. The summed E-state index contributed by atoms with van der Waals surface area (Å²) in [6.07, 6.45) is 3.13. The molecule has 2 aliphatic rings. The maximum atomic E-state index is 12.8. The topological polar surface area (TPSA) is 55.3 Å². The van der Waals surface area contributed by atoms with Crippen LogP contribution in [0.4, 0.5) is 0 Å². The van der Waals surface area contributed by atoms with Gasteiger partial charge in [0.2, 0.25) is 0 Å². The lowest BCUT2D eigenvalue weighted by Gasteiger charge is -2.35. The molecule has 1 fully saturated rings. The molecule has 2 heterocycles. The molecule has 1 saturated heterocycles. The van der Waals surface area contributed by atoms with Crippen molar-refractivity contribution >= 4 is 5.91 Å². The first-order valence-corrected chi connectivity index (χ1v) is 7.35. The number of nitrogens with zero attached hydrogens (tertiary/aromatic N) is 3. The SMILES string of the molecule is Cc1nc2c(c(C(=O)N3CC(C)OC(C)C3)n1)CCC2. The van der Waals surface area contributed by atoms with Crippen LogP contribution in [0.3, 0.4) is 0 Å². The molecule has 0 spiro atoms. The highest BCUT2D eigenvalue weighted by Crippen LogP contribution is 2.24. The number of aryl methyl sites for hydroxylation is 2. The fraction of sp³-hybridized carbons (Fsp3) is 0.667. The summed E-state index contributed by atoms with van der Waals surface area (Å²) in [6, 6.07) is 0. The Labute approximate surface area is 119 Å². The first kappa shape index (κ1) is 13.5. The van der Waals surface area contributed by atoms with E-state index in [1.165, 1.54) is 0 Å². The Balaban J connectivity index is 1.91. The Morgan fingerprint density at radius 2 is 1.90 bits per heavy atom. The van der Waals surface area contributed by atoms with Gasteiger partial charge in [0.15, 0.2) is 0 Å². The molecule has 1 aliphatic carbocycles. The molecule has 108 valence electrons. The lowest BCUT2D eigenvalue weighted by Crippen LogP contribution is -2.48. The predicted molar refractivity (Wildman–Crippen MR) is 74.7 cm³/mol. The highest BCUT2D eigenvalue weighted by Gasteiger charge is 2.30. The van der Waals surface area contributed by atoms with Gasteiger partial charge in [-0.15, -0.1) is 0 Å². The number of ether oxygens (including phenoxy) is 1. The second-order valence-corrected chi connectivity index (χ2v) is 5.87. The summed E-state index contributed by atoms with van der Waals surface area (Å²) in [6.45, 7) is 7.15. The van der Waals surface area contributed by atoms with E-state index in [4.69, 9.17) is 4.74 Å². The molecule has 20 heavy (non-hydrogen) atoms. The summed E-state index contributed by atoms with van der Waals surface area (Å²) in [5.41, 5.74) is 2.74. The standard InChI is InChI=1S/C15H21N3O2/c1-9-7-18(8-10(2)20-9)15(19)14-12-5-4-6-13(12)16-11(3)17-14/h9-10H,4-8H2,1-3H3. The number of aromatic nitrogens is 2. The van der Waals surface area contributed by atoms with Crippen molar-refractivity contribution in [2.24, 2.45) is 0 Å². The minimum Gasteiger partial charge on any atom is -0.372 e. The molecule has 1 aromatic rings. The molecule has 3 rings (SSSR count).